The van der Waals surface area contributed by atoms with E-state index in [0.717, 1.165) is 4.31 Å². The maximum atomic E-state index is 12.6. The maximum Gasteiger partial charge on any atom is 0.405 e. The highest BCUT2D eigenvalue weighted by atomic mass is 35.5. The molecule has 168 valence electrons. The van der Waals surface area contributed by atoms with Crippen LogP contribution in [0.25, 0.3) is 0 Å². The number of aryl methyl sites for hydroxylation is 1. The Labute approximate surface area is 182 Å². The zero-order valence-corrected chi connectivity index (χ0v) is 18.0. The molecule has 0 fully saturated rings. The fourth-order valence-electron chi connectivity index (χ4n) is 2.44. The zero-order chi connectivity index (χ0) is 23.4. The first-order valence-electron chi connectivity index (χ1n) is 8.77. The number of amides is 2. The van der Waals surface area contributed by atoms with Crippen molar-refractivity contribution in [3.8, 4) is 0 Å². The number of nitrogens with zero attached hydrogens (tertiary/aromatic N) is 1. The van der Waals surface area contributed by atoms with Crippen molar-refractivity contribution in [2.45, 2.75) is 18.0 Å². The van der Waals surface area contributed by atoms with Crippen molar-refractivity contribution >= 4 is 39.1 Å². The Bertz CT molecular complexity index is 1070. The molecule has 7 nitrogen and oxygen atoms in total. The molecule has 0 saturated heterocycles. The molecule has 0 aromatic heterocycles. The van der Waals surface area contributed by atoms with Crippen molar-refractivity contribution in [2.75, 3.05) is 25.5 Å². The number of benzene rings is 2. The highest BCUT2D eigenvalue weighted by molar-refractivity contribution is 7.89. The fraction of sp³-hybridized carbons (Fsp3) is 0.263. The molecule has 0 unspecified atom stereocenters. The summed E-state index contributed by atoms with van der Waals surface area (Å²) in [6, 6.07) is 9.40. The predicted molar refractivity (Wildman–Crippen MR) is 109 cm³/mol. The van der Waals surface area contributed by atoms with Crippen LogP contribution in [-0.2, 0) is 14.8 Å². The second kappa shape index (κ2) is 9.67. The molecule has 0 aliphatic carbocycles. The summed E-state index contributed by atoms with van der Waals surface area (Å²) in [6.07, 6.45) is -4.56. The van der Waals surface area contributed by atoms with Gasteiger partial charge >= 0.3 is 6.18 Å². The Hall–Kier alpha value is -2.63. The van der Waals surface area contributed by atoms with Gasteiger partial charge in [-0.2, -0.15) is 17.5 Å². The van der Waals surface area contributed by atoms with E-state index in [2.05, 4.69) is 5.32 Å². The molecule has 0 spiro atoms. The minimum atomic E-state index is -4.56. The van der Waals surface area contributed by atoms with Crippen LogP contribution in [0.15, 0.2) is 47.4 Å². The standard InChI is InChI=1S/C19H19ClF3N3O4S/c1-12-3-4-13(18(28)24-11-19(21,22)23)9-16(12)25-17(27)10-26(2)31(29,30)15-7-5-14(20)6-8-15/h3-9H,10-11H2,1-2H3,(H,24,28)(H,25,27). The lowest BCUT2D eigenvalue weighted by Crippen LogP contribution is -2.35. The number of nitrogens with one attached hydrogen (secondary N) is 2. The fourth-order valence-corrected chi connectivity index (χ4v) is 3.70. The van der Waals surface area contributed by atoms with E-state index < -0.39 is 41.1 Å². The first-order valence-corrected chi connectivity index (χ1v) is 10.6. The van der Waals surface area contributed by atoms with Crippen LogP contribution in [0.5, 0.6) is 0 Å². The molecule has 31 heavy (non-hydrogen) atoms. The van der Waals surface area contributed by atoms with Gasteiger partial charge in [0, 0.05) is 23.3 Å². The molecular weight excluding hydrogens is 459 g/mol. The molecule has 2 N–H and O–H groups in total. The van der Waals surface area contributed by atoms with Crippen molar-refractivity contribution in [3.63, 3.8) is 0 Å². The molecule has 0 aliphatic heterocycles. The van der Waals surface area contributed by atoms with Crippen molar-refractivity contribution in [3.05, 3.63) is 58.6 Å². The average Bonchev–Trinajstić information content (AvgIpc) is 2.67. The van der Waals surface area contributed by atoms with Crippen LogP contribution in [0.3, 0.4) is 0 Å². The van der Waals surface area contributed by atoms with E-state index in [1.54, 1.807) is 12.2 Å². The number of sulfonamides is 1. The summed E-state index contributed by atoms with van der Waals surface area (Å²) in [4.78, 5) is 24.2. The summed E-state index contributed by atoms with van der Waals surface area (Å²) in [5, 5.41) is 4.57. The Morgan fingerprint density at radius 2 is 1.71 bits per heavy atom. The largest absolute Gasteiger partial charge is 0.405 e. The van der Waals surface area contributed by atoms with Gasteiger partial charge in [0.15, 0.2) is 0 Å². The van der Waals surface area contributed by atoms with Crippen LogP contribution in [0.2, 0.25) is 5.02 Å². The lowest BCUT2D eigenvalue weighted by atomic mass is 10.1. The number of rotatable bonds is 7. The van der Waals surface area contributed by atoms with Gasteiger partial charge in [-0.25, -0.2) is 8.42 Å². The number of anilines is 1. The van der Waals surface area contributed by atoms with Gasteiger partial charge in [0.1, 0.15) is 6.54 Å². The Morgan fingerprint density at radius 1 is 1.10 bits per heavy atom. The highest BCUT2D eigenvalue weighted by Crippen LogP contribution is 2.20. The van der Waals surface area contributed by atoms with E-state index in [1.165, 1.54) is 49.5 Å². The number of alkyl halides is 3. The molecule has 0 heterocycles. The second-order valence-corrected chi connectivity index (χ2v) is 9.07. The van der Waals surface area contributed by atoms with Crippen molar-refractivity contribution in [2.24, 2.45) is 0 Å². The van der Waals surface area contributed by atoms with Gasteiger partial charge in [0.05, 0.1) is 11.4 Å². The topological polar surface area (TPSA) is 95.6 Å². The van der Waals surface area contributed by atoms with Gasteiger partial charge in [-0.3, -0.25) is 9.59 Å². The van der Waals surface area contributed by atoms with Crippen LogP contribution >= 0.6 is 11.6 Å². The number of hydrogen-bond acceptors (Lipinski definition) is 4. The minimum Gasteiger partial charge on any atom is -0.343 e. The summed E-state index contributed by atoms with van der Waals surface area (Å²) in [6.45, 7) is -0.412. The van der Waals surface area contributed by atoms with Crippen LogP contribution in [0.4, 0.5) is 18.9 Å². The summed E-state index contributed by atoms with van der Waals surface area (Å²) in [5.74, 6) is -1.66. The Balaban J connectivity index is 2.09. The number of carbonyl (C=O) groups excluding carboxylic acids is 2. The first kappa shape index (κ1) is 24.6. The molecule has 2 aromatic rings. The first-order chi connectivity index (χ1) is 14.3. The molecule has 0 atom stereocenters. The monoisotopic (exact) mass is 477 g/mol. The van der Waals surface area contributed by atoms with E-state index in [4.69, 9.17) is 11.6 Å². The van der Waals surface area contributed by atoms with Crippen molar-refractivity contribution in [1.29, 1.82) is 0 Å². The van der Waals surface area contributed by atoms with Crippen LogP contribution < -0.4 is 10.6 Å². The van der Waals surface area contributed by atoms with Gasteiger partial charge < -0.3 is 10.6 Å². The summed E-state index contributed by atoms with van der Waals surface area (Å²) in [5.41, 5.74) is 0.609. The van der Waals surface area contributed by atoms with E-state index in [0.29, 0.717) is 10.6 Å². The normalized spacial score (nSPS) is 12.0. The number of halogens is 4. The average molecular weight is 478 g/mol. The number of carbonyl (C=O) groups is 2. The van der Waals surface area contributed by atoms with Gasteiger partial charge in [-0.05, 0) is 48.9 Å². The zero-order valence-electron chi connectivity index (χ0n) is 16.5. The van der Waals surface area contributed by atoms with E-state index in [-0.39, 0.29) is 16.1 Å². The number of likely N-dealkylation sites (N-methyl/N-ethyl adjacent to an activating group) is 1. The molecule has 2 amide bonds. The van der Waals surface area contributed by atoms with Crippen molar-refractivity contribution in [1.82, 2.24) is 9.62 Å². The van der Waals surface area contributed by atoms with Crippen LogP contribution in [0.1, 0.15) is 15.9 Å². The minimum absolute atomic E-state index is 0.0493. The quantitative estimate of drug-likeness (QED) is 0.640. The van der Waals surface area contributed by atoms with Gasteiger partial charge in [-0.15, -0.1) is 0 Å². The third-order valence-corrected chi connectivity index (χ3v) is 6.18. The second-order valence-electron chi connectivity index (χ2n) is 6.59. The third-order valence-electron chi connectivity index (χ3n) is 4.11. The third kappa shape index (κ3) is 6.94. The van der Waals surface area contributed by atoms with E-state index in [9.17, 15) is 31.2 Å². The van der Waals surface area contributed by atoms with Gasteiger partial charge in [0.2, 0.25) is 15.9 Å². The molecule has 2 aromatic carbocycles. The Morgan fingerprint density at radius 3 is 2.29 bits per heavy atom. The summed E-state index contributed by atoms with van der Waals surface area (Å²) >= 11 is 5.75. The highest BCUT2D eigenvalue weighted by Gasteiger charge is 2.28. The van der Waals surface area contributed by atoms with Gasteiger partial charge in [0.25, 0.3) is 5.91 Å². The van der Waals surface area contributed by atoms with Crippen LogP contribution in [-0.4, -0.2) is 50.9 Å². The molecule has 12 heteroatoms. The van der Waals surface area contributed by atoms with Crippen molar-refractivity contribution < 1.29 is 31.2 Å². The molecule has 0 radical (unpaired) electrons. The van der Waals surface area contributed by atoms with E-state index >= 15 is 0 Å². The maximum absolute atomic E-state index is 12.6. The number of hydrogen-bond donors (Lipinski definition) is 2. The smallest absolute Gasteiger partial charge is 0.343 e. The molecular formula is C19H19ClF3N3O4S. The summed E-state index contributed by atoms with van der Waals surface area (Å²) in [7, 11) is -2.73. The lowest BCUT2D eigenvalue weighted by molar-refractivity contribution is -0.123. The predicted octanol–water partition coefficient (Wildman–Crippen LogP) is 3.20. The van der Waals surface area contributed by atoms with E-state index in [1.807, 2.05) is 0 Å². The molecule has 0 bridgehead atoms. The Kier molecular flexibility index (Phi) is 7.68. The molecule has 0 aliphatic rings. The SMILES string of the molecule is Cc1ccc(C(=O)NCC(F)(F)F)cc1NC(=O)CN(C)S(=O)(=O)c1ccc(Cl)cc1. The summed E-state index contributed by atoms with van der Waals surface area (Å²) < 4.78 is 62.8. The van der Waals surface area contributed by atoms with Crippen LogP contribution in [0, 0.1) is 6.92 Å². The molecule has 0 saturated carbocycles. The van der Waals surface area contributed by atoms with Gasteiger partial charge in [-0.1, -0.05) is 17.7 Å². The molecule has 2 rings (SSSR count). The lowest BCUT2D eigenvalue weighted by Gasteiger charge is -2.18.